The molecule has 1 aliphatic rings. The van der Waals surface area contributed by atoms with Gasteiger partial charge in [-0.1, -0.05) is 18.5 Å². The van der Waals surface area contributed by atoms with Gasteiger partial charge in [0.05, 0.1) is 24.3 Å². The van der Waals surface area contributed by atoms with Crippen molar-refractivity contribution in [3.63, 3.8) is 0 Å². The smallest absolute Gasteiger partial charge is 0.244 e. The van der Waals surface area contributed by atoms with Gasteiger partial charge in [-0.25, -0.2) is 0 Å². The molecule has 1 amide bonds. The minimum Gasteiger partial charge on any atom is -0.492 e. The normalized spacial score (nSPS) is 21.9. The summed E-state index contributed by atoms with van der Waals surface area (Å²) in [6.45, 7) is 5.83. The minimum atomic E-state index is -0.353. The Hall–Kier alpha value is -1.30. The summed E-state index contributed by atoms with van der Waals surface area (Å²) >= 11 is 6.15. The fraction of sp³-hybridized carbons (Fsp3) is 0.533. The van der Waals surface area contributed by atoms with E-state index in [1.165, 1.54) is 0 Å². The summed E-state index contributed by atoms with van der Waals surface area (Å²) in [5.41, 5.74) is 0.647. The maximum Gasteiger partial charge on any atom is 0.244 e. The first-order valence-electron chi connectivity index (χ1n) is 7.20. The summed E-state index contributed by atoms with van der Waals surface area (Å²) in [6, 6.07) is 4.89. The summed E-state index contributed by atoms with van der Waals surface area (Å²) in [6.07, 6.45) is 0.765. The lowest BCUT2D eigenvalue weighted by Gasteiger charge is -2.29. The molecule has 21 heavy (non-hydrogen) atoms. The Morgan fingerprint density at radius 1 is 1.57 bits per heavy atom. The van der Waals surface area contributed by atoms with Crippen molar-refractivity contribution in [1.29, 1.82) is 0 Å². The molecule has 2 N–H and O–H groups in total. The maximum atomic E-state index is 12.2. The summed E-state index contributed by atoms with van der Waals surface area (Å²) < 4.78 is 11.0. The second-order valence-corrected chi connectivity index (χ2v) is 5.40. The van der Waals surface area contributed by atoms with Gasteiger partial charge in [-0.3, -0.25) is 4.79 Å². The molecule has 1 fully saturated rings. The third kappa shape index (κ3) is 4.33. The predicted octanol–water partition coefficient (Wildman–Crippen LogP) is 2.44. The van der Waals surface area contributed by atoms with Gasteiger partial charge in [0.15, 0.2) is 0 Å². The lowest BCUT2D eigenvalue weighted by Crippen LogP contribution is -2.53. The zero-order chi connectivity index (χ0) is 15.2. The van der Waals surface area contributed by atoms with Gasteiger partial charge < -0.3 is 20.1 Å². The molecule has 1 heterocycles. The maximum absolute atomic E-state index is 12.2. The molecule has 0 aliphatic carbocycles. The second kappa shape index (κ2) is 7.64. The Morgan fingerprint density at radius 2 is 2.38 bits per heavy atom. The van der Waals surface area contributed by atoms with E-state index >= 15 is 0 Å². The van der Waals surface area contributed by atoms with Gasteiger partial charge in [-0.2, -0.15) is 0 Å². The van der Waals surface area contributed by atoms with E-state index in [0.717, 1.165) is 6.42 Å². The Balaban J connectivity index is 1.99. The number of nitrogens with one attached hydrogen (secondary N) is 2. The largest absolute Gasteiger partial charge is 0.492 e. The Labute approximate surface area is 130 Å². The third-order valence-electron chi connectivity index (χ3n) is 3.26. The quantitative estimate of drug-likeness (QED) is 0.877. The molecule has 1 saturated heterocycles. The van der Waals surface area contributed by atoms with Crippen LogP contribution in [-0.2, 0) is 9.53 Å². The number of carbonyl (C=O) groups is 1. The average molecular weight is 313 g/mol. The van der Waals surface area contributed by atoms with Gasteiger partial charge in [0.2, 0.25) is 5.91 Å². The highest BCUT2D eigenvalue weighted by atomic mass is 35.5. The second-order valence-electron chi connectivity index (χ2n) is 4.99. The molecule has 0 radical (unpaired) electrons. The van der Waals surface area contributed by atoms with E-state index in [1.54, 1.807) is 18.2 Å². The first kappa shape index (κ1) is 16.1. The van der Waals surface area contributed by atoms with Crippen LogP contribution in [0, 0.1) is 0 Å². The van der Waals surface area contributed by atoms with Gasteiger partial charge in [0, 0.05) is 12.2 Å². The van der Waals surface area contributed by atoms with Gasteiger partial charge >= 0.3 is 0 Å². The molecule has 1 aromatic rings. The highest BCUT2D eigenvalue weighted by Gasteiger charge is 2.28. The number of amides is 1. The third-order valence-corrected chi connectivity index (χ3v) is 3.56. The first-order chi connectivity index (χ1) is 10.1. The summed E-state index contributed by atoms with van der Waals surface area (Å²) in [4.78, 5) is 12.2. The van der Waals surface area contributed by atoms with Crippen molar-refractivity contribution >= 4 is 23.2 Å². The number of ether oxygens (including phenoxy) is 2. The van der Waals surface area contributed by atoms with Crippen molar-refractivity contribution in [2.75, 3.05) is 25.1 Å². The number of benzene rings is 1. The van der Waals surface area contributed by atoms with Crippen molar-refractivity contribution in [3.05, 3.63) is 23.2 Å². The fourth-order valence-electron chi connectivity index (χ4n) is 2.15. The van der Waals surface area contributed by atoms with Gasteiger partial charge in [0.25, 0.3) is 0 Å². The van der Waals surface area contributed by atoms with Gasteiger partial charge in [-0.15, -0.1) is 0 Å². The monoisotopic (exact) mass is 312 g/mol. The molecule has 6 heteroatoms. The van der Waals surface area contributed by atoms with E-state index in [2.05, 4.69) is 10.6 Å². The van der Waals surface area contributed by atoms with E-state index in [1.807, 2.05) is 13.8 Å². The van der Waals surface area contributed by atoms with Crippen molar-refractivity contribution in [2.45, 2.75) is 32.4 Å². The fourth-order valence-corrected chi connectivity index (χ4v) is 2.39. The Morgan fingerprint density at radius 3 is 3.05 bits per heavy atom. The topological polar surface area (TPSA) is 59.6 Å². The molecule has 0 bridgehead atoms. The van der Waals surface area contributed by atoms with Crippen LogP contribution in [0.4, 0.5) is 5.69 Å². The van der Waals surface area contributed by atoms with Crippen LogP contribution in [0.25, 0.3) is 0 Å². The van der Waals surface area contributed by atoms with Crippen LogP contribution in [0.1, 0.15) is 20.3 Å². The molecule has 0 aromatic heterocycles. The van der Waals surface area contributed by atoms with Crippen LogP contribution in [0.15, 0.2) is 18.2 Å². The highest BCUT2D eigenvalue weighted by molar-refractivity contribution is 6.32. The van der Waals surface area contributed by atoms with Gasteiger partial charge in [0.1, 0.15) is 11.8 Å². The SMILES string of the molecule is CCCOc1ccc(NC(=O)[C@H]2NCCO[C@@H]2C)cc1Cl. The number of morpholine rings is 1. The average Bonchev–Trinajstić information content (AvgIpc) is 2.47. The number of anilines is 1. The molecule has 2 rings (SSSR count). The zero-order valence-electron chi connectivity index (χ0n) is 12.3. The zero-order valence-corrected chi connectivity index (χ0v) is 13.1. The number of halogens is 1. The molecule has 1 aromatic carbocycles. The van der Waals surface area contributed by atoms with Crippen LogP contribution >= 0.6 is 11.6 Å². The Kier molecular flexibility index (Phi) is 5.85. The number of rotatable bonds is 5. The van der Waals surface area contributed by atoms with Crippen molar-refractivity contribution in [1.82, 2.24) is 5.32 Å². The summed E-state index contributed by atoms with van der Waals surface area (Å²) in [5, 5.41) is 6.48. The molecule has 116 valence electrons. The van der Waals surface area contributed by atoms with Crippen LogP contribution in [0.2, 0.25) is 5.02 Å². The predicted molar refractivity (Wildman–Crippen MR) is 83.1 cm³/mol. The Bertz CT molecular complexity index is 496. The lowest BCUT2D eigenvalue weighted by molar-refractivity contribution is -0.123. The minimum absolute atomic E-state index is 0.125. The van der Waals surface area contributed by atoms with E-state index in [0.29, 0.717) is 36.2 Å². The van der Waals surface area contributed by atoms with Gasteiger partial charge in [-0.05, 0) is 31.5 Å². The molecule has 5 nitrogen and oxygen atoms in total. The molecule has 1 aliphatic heterocycles. The summed E-state index contributed by atoms with van der Waals surface area (Å²) in [7, 11) is 0. The molecular weight excluding hydrogens is 292 g/mol. The van der Waals surface area contributed by atoms with Crippen molar-refractivity contribution < 1.29 is 14.3 Å². The number of carbonyl (C=O) groups excluding carboxylic acids is 1. The molecule has 0 spiro atoms. The number of hydrogen-bond donors (Lipinski definition) is 2. The van der Waals surface area contributed by atoms with E-state index in [9.17, 15) is 4.79 Å². The van der Waals surface area contributed by atoms with E-state index in [4.69, 9.17) is 21.1 Å². The van der Waals surface area contributed by atoms with Crippen LogP contribution in [0.5, 0.6) is 5.75 Å². The molecular formula is C15H21ClN2O3. The number of hydrogen-bond acceptors (Lipinski definition) is 4. The van der Waals surface area contributed by atoms with E-state index in [-0.39, 0.29) is 18.1 Å². The molecule has 0 unspecified atom stereocenters. The summed E-state index contributed by atoms with van der Waals surface area (Å²) in [5.74, 6) is 0.504. The molecule has 2 atom stereocenters. The van der Waals surface area contributed by atoms with Crippen molar-refractivity contribution in [3.8, 4) is 5.75 Å². The van der Waals surface area contributed by atoms with Crippen LogP contribution < -0.4 is 15.4 Å². The van der Waals surface area contributed by atoms with Crippen LogP contribution in [0.3, 0.4) is 0 Å². The van der Waals surface area contributed by atoms with E-state index < -0.39 is 0 Å². The van der Waals surface area contributed by atoms with Crippen LogP contribution in [-0.4, -0.2) is 37.8 Å². The molecule has 0 saturated carbocycles. The standard InChI is InChI=1S/C15H21ClN2O3/c1-3-7-21-13-5-4-11(9-12(13)16)18-15(19)14-10(2)20-8-6-17-14/h4-5,9-10,14,17H,3,6-8H2,1-2H3,(H,18,19)/t10-,14+/m1/s1. The van der Waals surface area contributed by atoms with Crippen molar-refractivity contribution in [2.24, 2.45) is 0 Å². The highest BCUT2D eigenvalue weighted by Crippen LogP contribution is 2.28. The first-order valence-corrected chi connectivity index (χ1v) is 7.57. The lowest BCUT2D eigenvalue weighted by atomic mass is 10.1.